The predicted molar refractivity (Wildman–Crippen MR) is 152 cm³/mol. The van der Waals surface area contributed by atoms with Crippen LogP contribution in [0.15, 0.2) is 6.07 Å². The summed E-state index contributed by atoms with van der Waals surface area (Å²) in [4.78, 5) is 72.9. The second kappa shape index (κ2) is 9.96. The molecule has 8 atom stereocenters. The van der Waals surface area contributed by atoms with Gasteiger partial charge >= 0.3 is 0 Å². The molecule has 6 rings (SSSR count). The average molecular weight is 581 g/mol. The summed E-state index contributed by atoms with van der Waals surface area (Å²) in [5.41, 5.74) is 5.08. The predicted octanol–water partition coefficient (Wildman–Crippen LogP) is 0.165. The number of hydrogen-bond acceptors (Lipinski definition) is 10. The van der Waals surface area contributed by atoms with Crippen LogP contribution in [0.5, 0.6) is 5.75 Å². The average Bonchev–Trinajstić information content (AvgIpc) is 3.47. The minimum atomic E-state index is -2.72. The molecule has 4 fully saturated rings. The molecule has 1 heterocycles. The van der Waals surface area contributed by atoms with Gasteiger partial charge in [0.15, 0.2) is 34.7 Å². The van der Waals surface area contributed by atoms with E-state index in [2.05, 4.69) is 4.90 Å². The van der Waals surface area contributed by atoms with Crippen LogP contribution < -0.4 is 10.6 Å². The fraction of sp³-hybridized carbons (Fsp3) is 0.645. The number of carbonyl (C=O) groups excluding carboxylic acids is 5. The molecule has 1 amide bonds. The van der Waals surface area contributed by atoms with E-state index in [1.54, 1.807) is 20.2 Å². The molecule has 3 saturated carbocycles. The van der Waals surface area contributed by atoms with Crippen molar-refractivity contribution in [2.45, 2.75) is 50.3 Å². The first-order valence-electron chi connectivity index (χ1n) is 14.9. The molecule has 4 aliphatic carbocycles. The summed E-state index contributed by atoms with van der Waals surface area (Å²) in [6.07, 6.45) is 4.06. The molecular weight excluding hydrogens is 540 g/mol. The smallest absolute Gasteiger partial charge is 0.235 e. The number of ketones is 4. The van der Waals surface area contributed by atoms with E-state index < -0.39 is 64.4 Å². The highest BCUT2D eigenvalue weighted by Gasteiger charge is 2.69. The molecule has 0 radical (unpaired) electrons. The number of likely N-dealkylation sites (N-methyl/N-ethyl adjacent to an activating group) is 1. The number of aromatic hydroxyl groups is 1. The highest BCUT2D eigenvalue weighted by molar-refractivity contribution is 6.32. The number of carbonyl (C=O) groups is 5. The number of hydrogen-bond donors (Lipinski definition) is 3. The number of Topliss-reactive ketones (excluding diaryl/α,β-unsaturated/α-hetero) is 4. The number of anilines is 1. The molecule has 11 heteroatoms. The van der Waals surface area contributed by atoms with E-state index >= 15 is 0 Å². The Kier molecular flexibility index (Phi) is 6.86. The van der Waals surface area contributed by atoms with Gasteiger partial charge in [-0.25, -0.2) is 0 Å². The third kappa shape index (κ3) is 4.00. The highest BCUT2D eigenvalue weighted by Crippen LogP contribution is 2.52. The Hall–Kier alpha value is -3.15. The first kappa shape index (κ1) is 28.9. The largest absolute Gasteiger partial charge is 0.507 e. The third-order valence-corrected chi connectivity index (χ3v) is 10.8. The number of nitrogens with two attached hydrogens (primary N) is 1. The molecule has 4 N–H and O–H groups in total. The number of phenols is 1. The Labute approximate surface area is 245 Å². The van der Waals surface area contributed by atoms with Crippen LogP contribution in [0.4, 0.5) is 5.69 Å². The molecule has 1 aromatic rings. The molecule has 0 aromatic heterocycles. The van der Waals surface area contributed by atoms with E-state index in [-0.39, 0.29) is 24.2 Å². The first-order valence-corrected chi connectivity index (χ1v) is 14.9. The van der Waals surface area contributed by atoms with Crippen LogP contribution in [0, 0.1) is 35.5 Å². The molecule has 4 unspecified atom stereocenters. The van der Waals surface area contributed by atoms with Gasteiger partial charge in [0.1, 0.15) is 5.75 Å². The Morgan fingerprint density at radius 1 is 1.05 bits per heavy atom. The molecule has 0 bridgehead atoms. The van der Waals surface area contributed by atoms with Crippen molar-refractivity contribution < 1.29 is 34.2 Å². The van der Waals surface area contributed by atoms with Crippen LogP contribution in [0.1, 0.15) is 47.2 Å². The van der Waals surface area contributed by atoms with Gasteiger partial charge in [-0.15, -0.1) is 0 Å². The molecule has 11 nitrogen and oxygen atoms in total. The Balaban J connectivity index is 1.41. The highest BCUT2D eigenvalue weighted by atomic mass is 16.3. The lowest BCUT2D eigenvalue weighted by Crippen LogP contribution is -2.74. The van der Waals surface area contributed by atoms with Crippen LogP contribution in [-0.2, 0) is 32.1 Å². The summed E-state index contributed by atoms with van der Waals surface area (Å²) in [6, 6.07) is 0.496. The fourth-order valence-electron chi connectivity index (χ4n) is 9.11. The topological polar surface area (TPSA) is 162 Å². The molecule has 5 aliphatic rings. The van der Waals surface area contributed by atoms with E-state index in [4.69, 9.17) is 5.73 Å². The van der Waals surface area contributed by atoms with Gasteiger partial charge in [-0.1, -0.05) is 6.42 Å². The zero-order valence-electron chi connectivity index (χ0n) is 24.6. The number of nitrogens with zero attached hydrogens (tertiary/aromatic N) is 3. The number of rotatable bonds is 5. The third-order valence-electron chi connectivity index (χ3n) is 10.8. The molecule has 1 saturated heterocycles. The zero-order valence-corrected chi connectivity index (χ0v) is 24.6. The minimum absolute atomic E-state index is 0.0346. The molecule has 0 spiro atoms. The number of benzene rings is 1. The lowest BCUT2D eigenvalue weighted by Gasteiger charge is -2.52. The van der Waals surface area contributed by atoms with Crippen LogP contribution in [0.25, 0.3) is 0 Å². The van der Waals surface area contributed by atoms with Crippen molar-refractivity contribution in [3.05, 3.63) is 22.8 Å². The first-order chi connectivity index (χ1) is 19.8. The Morgan fingerprint density at radius 3 is 2.26 bits per heavy atom. The number of primary amides is 1. The van der Waals surface area contributed by atoms with Gasteiger partial charge < -0.3 is 20.8 Å². The van der Waals surface area contributed by atoms with E-state index in [1.165, 1.54) is 24.2 Å². The van der Waals surface area contributed by atoms with E-state index in [9.17, 15) is 34.2 Å². The second-order valence-corrected chi connectivity index (χ2v) is 13.6. The maximum Gasteiger partial charge on any atom is 0.235 e. The standard InChI is InChI=1S/C31H40N4O7/c1-33(2)24-17(13-35-11-14-6-5-7-15(14)12-35)10-20(36)22-18(24)8-16-9-19-25(34(3)4)27(38)23(30(32)41)29(40)31(19,42)28(39)21(16)26(22)37/h10,14-16,19,21,23,25,36,42H,5-9,11-13H2,1-4H3,(H2,32,41)/t14?,15?,16-,19-,21?,23?,25-,31-/m0/s1. The molecule has 1 aliphatic heterocycles. The molecule has 42 heavy (non-hydrogen) atoms. The van der Waals surface area contributed by atoms with Crippen LogP contribution in [0.3, 0.4) is 0 Å². The quantitative estimate of drug-likeness (QED) is 0.409. The van der Waals surface area contributed by atoms with Gasteiger partial charge in [0.25, 0.3) is 0 Å². The van der Waals surface area contributed by atoms with Crippen molar-refractivity contribution in [2.24, 2.45) is 41.2 Å². The summed E-state index contributed by atoms with van der Waals surface area (Å²) in [5.74, 6) is -8.84. The van der Waals surface area contributed by atoms with E-state index in [0.29, 0.717) is 23.9 Å². The van der Waals surface area contributed by atoms with Crippen molar-refractivity contribution in [1.82, 2.24) is 9.80 Å². The lowest BCUT2D eigenvalue weighted by atomic mass is 9.52. The van der Waals surface area contributed by atoms with Crippen molar-refractivity contribution in [3.63, 3.8) is 0 Å². The van der Waals surface area contributed by atoms with Gasteiger partial charge in [0, 0.05) is 45.3 Å². The molecule has 226 valence electrons. The van der Waals surface area contributed by atoms with Crippen molar-refractivity contribution in [1.29, 1.82) is 0 Å². The number of phenolic OH excluding ortho intramolecular Hbond substituents is 1. The lowest BCUT2D eigenvalue weighted by molar-refractivity contribution is -0.181. The molecular formula is C31H40N4O7. The maximum absolute atomic E-state index is 14.1. The van der Waals surface area contributed by atoms with Crippen LogP contribution in [-0.4, -0.2) is 102 Å². The SMILES string of the molecule is CN(C)c1c(CN2CC3CCCC3C2)cc(O)c2c1C[C@H]1C[C@H]3[C@H](N(C)C)C(=O)C(C(N)=O)C(=O)[C@@]3(O)C(=O)C1C2=O. The van der Waals surface area contributed by atoms with Crippen molar-refractivity contribution in [2.75, 3.05) is 46.2 Å². The van der Waals surface area contributed by atoms with Gasteiger partial charge in [-0.2, -0.15) is 0 Å². The Bertz CT molecular complexity index is 1390. The van der Waals surface area contributed by atoms with Gasteiger partial charge in [-0.3, -0.25) is 33.8 Å². The number of amides is 1. The summed E-state index contributed by atoms with van der Waals surface area (Å²) in [7, 11) is 6.94. The number of likely N-dealkylation sites (tertiary alicyclic amines) is 1. The second-order valence-electron chi connectivity index (χ2n) is 13.6. The van der Waals surface area contributed by atoms with Gasteiger partial charge in [-0.05, 0) is 74.7 Å². The molecule has 1 aromatic carbocycles. The number of aliphatic hydroxyl groups is 1. The minimum Gasteiger partial charge on any atom is -0.507 e. The normalized spacial score (nSPS) is 36.1. The number of fused-ring (bicyclic) bond motifs is 4. The Morgan fingerprint density at radius 2 is 1.69 bits per heavy atom. The summed E-state index contributed by atoms with van der Waals surface area (Å²) < 4.78 is 0. The monoisotopic (exact) mass is 580 g/mol. The summed E-state index contributed by atoms with van der Waals surface area (Å²) in [5, 5.41) is 23.0. The van der Waals surface area contributed by atoms with Crippen molar-refractivity contribution >= 4 is 34.7 Å². The van der Waals surface area contributed by atoms with E-state index in [1.807, 2.05) is 19.0 Å². The van der Waals surface area contributed by atoms with Gasteiger partial charge in [0.2, 0.25) is 5.91 Å². The maximum atomic E-state index is 14.1. The zero-order chi connectivity index (χ0) is 30.4. The van der Waals surface area contributed by atoms with Crippen LogP contribution in [0.2, 0.25) is 0 Å². The van der Waals surface area contributed by atoms with E-state index in [0.717, 1.165) is 24.3 Å². The van der Waals surface area contributed by atoms with Crippen LogP contribution >= 0.6 is 0 Å². The summed E-state index contributed by atoms with van der Waals surface area (Å²) in [6.45, 7) is 2.65. The van der Waals surface area contributed by atoms with Crippen molar-refractivity contribution in [3.8, 4) is 5.75 Å². The fourth-order valence-corrected chi connectivity index (χ4v) is 9.11. The van der Waals surface area contributed by atoms with Gasteiger partial charge in [0.05, 0.1) is 17.5 Å². The summed E-state index contributed by atoms with van der Waals surface area (Å²) >= 11 is 0.